The van der Waals surface area contributed by atoms with Crippen LogP contribution in [0.15, 0.2) is 29.2 Å². The van der Waals surface area contributed by atoms with Crippen LogP contribution in [0.3, 0.4) is 0 Å². The van der Waals surface area contributed by atoms with Crippen molar-refractivity contribution < 1.29 is 21.6 Å². The van der Waals surface area contributed by atoms with Crippen LogP contribution < -0.4 is 5.32 Å². The lowest BCUT2D eigenvalue weighted by molar-refractivity contribution is -0.137. The average molecular weight is 331 g/mol. The molecule has 1 aliphatic heterocycles. The van der Waals surface area contributed by atoms with E-state index in [0.29, 0.717) is 26.2 Å². The lowest BCUT2D eigenvalue weighted by Crippen LogP contribution is -2.46. The minimum absolute atomic E-state index is 0. The molecule has 0 spiro atoms. The highest BCUT2D eigenvalue weighted by Gasteiger charge is 2.31. The number of alkyl halides is 3. The molecule has 4 nitrogen and oxygen atoms in total. The highest BCUT2D eigenvalue weighted by atomic mass is 35.5. The summed E-state index contributed by atoms with van der Waals surface area (Å²) in [7, 11) is -3.70. The number of nitrogens with one attached hydrogen (secondary N) is 1. The van der Waals surface area contributed by atoms with Gasteiger partial charge in [0.15, 0.2) is 0 Å². The fourth-order valence-electron chi connectivity index (χ4n) is 1.85. The molecule has 1 aliphatic rings. The van der Waals surface area contributed by atoms with Crippen molar-refractivity contribution in [3.05, 3.63) is 29.8 Å². The van der Waals surface area contributed by atoms with Crippen LogP contribution in [0.5, 0.6) is 0 Å². The smallest absolute Gasteiger partial charge is 0.314 e. The molecule has 0 aliphatic carbocycles. The quantitative estimate of drug-likeness (QED) is 0.898. The van der Waals surface area contributed by atoms with Gasteiger partial charge in [-0.05, 0) is 24.3 Å². The monoisotopic (exact) mass is 330 g/mol. The maximum Gasteiger partial charge on any atom is 0.416 e. The normalized spacial score (nSPS) is 17.6. The predicted molar refractivity (Wildman–Crippen MR) is 70.3 cm³/mol. The van der Waals surface area contributed by atoms with Gasteiger partial charge < -0.3 is 5.32 Å². The van der Waals surface area contributed by atoms with E-state index in [9.17, 15) is 21.6 Å². The molecule has 0 radical (unpaired) electrons. The summed E-state index contributed by atoms with van der Waals surface area (Å²) in [4.78, 5) is -0.109. The Morgan fingerprint density at radius 2 is 1.55 bits per heavy atom. The summed E-state index contributed by atoms with van der Waals surface area (Å²) in [5.74, 6) is 0. The molecule has 1 heterocycles. The molecular formula is C11H14ClF3N2O2S. The first-order chi connectivity index (χ1) is 8.82. The molecule has 1 fully saturated rings. The summed E-state index contributed by atoms with van der Waals surface area (Å²) >= 11 is 0. The standard InChI is InChI=1S/C11H13F3N2O2S.ClH/c12-11(13,14)9-1-3-10(4-2-9)19(17,18)16-7-5-15-6-8-16;/h1-4,15H,5-8H2;1H. The summed E-state index contributed by atoms with van der Waals surface area (Å²) in [5.41, 5.74) is -0.855. The first-order valence-electron chi connectivity index (χ1n) is 5.70. The molecule has 20 heavy (non-hydrogen) atoms. The number of piperazine rings is 1. The molecule has 9 heteroatoms. The van der Waals surface area contributed by atoms with Crippen LogP contribution in [0.2, 0.25) is 0 Å². The summed E-state index contributed by atoms with van der Waals surface area (Å²) < 4.78 is 62.8. The number of nitrogens with zero attached hydrogens (tertiary/aromatic N) is 1. The van der Waals surface area contributed by atoms with Gasteiger partial charge >= 0.3 is 6.18 Å². The van der Waals surface area contributed by atoms with Crippen LogP contribution in [0.25, 0.3) is 0 Å². The van der Waals surface area contributed by atoms with E-state index in [2.05, 4.69) is 5.32 Å². The van der Waals surface area contributed by atoms with Gasteiger partial charge in [-0.15, -0.1) is 12.4 Å². The Morgan fingerprint density at radius 1 is 1.05 bits per heavy atom. The second kappa shape index (κ2) is 6.30. The van der Waals surface area contributed by atoms with Gasteiger partial charge in [-0.25, -0.2) is 8.42 Å². The molecule has 114 valence electrons. The molecular weight excluding hydrogens is 317 g/mol. The van der Waals surface area contributed by atoms with Gasteiger partial charge in [0.2, 0.25) is 10.0 Å². The van der Waals surface area contributed by atoms with Gasteiger partial charge in [-0.3, -0.25) is 0 Å². The maximum atomic E-state index is 12.4. The second-order valence-corrected chi connectivity index (χ2v) is 6.11. The highest BCUT2D eigenvalue weighted by Crippen LogP contribution is 2.30. The van der Waals surface area contributed by atoms with Crippen molar-refractivity contribution in [1.82, 2.24) is 9.62 Å². The van der Waals surface area contributed by atoms with Crippen LogP contribution in [0.4, 0.5) is 13.2 Å². The lowest BCUT2D eigenvalue weighted by Gasteiger charge is -2.26. The summed E-state index contributed by atoms with van der Waals surface area (Å²) in [6, 6.07) is 3.57. The summed E-state index contributed by atoms with van der Waals surface area (Å²) in [6.45, 7) is 1.73. The molecule has 1 saturated heterocycles. The Bertz CT molecular complexity index is 540. The number of sulfonamides is 1. The molecule has 0 aromatic heterocycles. The zero-order chi connectivity index (χ0) is 14.1. The van der Waals surface area contributed by atoms with Gasteiger partial charge in [-0.1, -0.05) is 0 Å². The van der Waals surface area contributed by atoms with Gasteiger partial charge in [-0.2, -0.15) is 17.5 Å². The predicted octanol–water partition coefficient (Wildman–Crippen LogP) is 1.72. The molecule has 2 rings (SSSR count). The van der Waals surface area contributed by atoms with Crippen LogP contribution in [0.1, 0.15) is 5.56 Å². The molecule has 1 aromatic carbocycles. The van der Waals surface area contributed by atoms with E-state index >= 15 is 0 Å². The first kappa shape index (κ1) is 17.2. The van der Waals surface area contributed by atoms with Crippen molar-refractivity contribution in [2.45, 2.75) is 11.1 Å². The Balaban J connectivity index is 0.00000200. The average Bonchev–Trinajstić information content (AvgIpc) is 2.39. The number of halogens is 4. The van der Waals surface area contributed by atoms with E-state index in [1.807, 2.05) is 0 Å². The zero-order valence-corrected chi connectivity index (χ0v) is 12.0. The first-order valence-corrected chi connectivity index (χ1v) is 7.14. The third kappa shape index (κ3) is 3.63. The molecule has 1 N–H and O–H groups in total. The topological polar surface area (TPSA) is 49.4 Å². The van der Waals surface area contributed by atoms with Crippen molar-refractivity contribution in [1.29, 1.82) is 0 Å². The van der Waals surface area contributed by atoms with Gasteiger partial charge in [0.25, 0.3) is 0 Å². The van der Waals surface area contributed by atoms with Crippen molar-refractivity contribution in [3.63, 3.8) is 0 Å². The minimum atomic E-state index is -4.46. The van der Waals surface area contributed by atoms with Crippen molar-refractivity contribution in [3.8, 4) is 0 Å². The number of benzene rings is 1. The third-order valence-corrected chi connectivity index (χ3v) is 4.81. The SMILES string of the molecule is Cl.O=S(=O)(c1ccc(C(F)(F)F)cc1)N1CCNCC1. The largest absolute Gasteiger partial charge is 0.416 e. The molecule has 0 unspecified atom stereocenters. The maximum absolute atomic E-state index is 12.4. The molecule has 0 atom stereocenters. The lowest BCUT2D eigenvalue weighted by atomic mass is 10.2. The Morgan fingerprint density at radius 3 is 2.00 bits per heavy atom. The molecule has 1 aromatic rings. The number of hydrogen-bond acceptors (Lipinski definition) is 3. The molecule has 0 amide bonds. The Kier molecular flexibility index (Phi) is 5.42. The third-order valence-electron chi connectivity index (χ3n) is 2.90. The van der Waals surface area contributed by atoms with E-state index in [1.165, 1.54) is 4.31 Å². The molecule has 0 saturated carbocycles. The van der Waals surface area contributed by atoms with E-state index < -0.39 is 21.8 Å². The van der Waals surface area contributed by atoms with Crippen LogP contribution in [-0.2, 0) is 16.2 Å². The zero-order valence-electron chi connectivity index (χ0n) is 10.4. The number of hydrogen-bond donors (Lipinski definition) is 1. The molecule has 0 bridgehead atoms. The van der Waals surface area contributed by atoms with Crippen molar-refractivity contribution >= 4 is 22.4 Å². The second-order valence-electron chi connectivity index (χ2n) is 4.18. The number of rotatable bonds is 2. The van der Waals surface area contributed by atoms with Crippen LogP contribution >= 0.6 is 12.4 Å². The fourth-order valence-corrected chi connectivity index (χ4v) is 3.29. The summed E-state index contributed by atoms with van der Waals surface area (Å²) in [6.07, 6.45) is -4.46. The van der Waals surface area contributed by atoms with E-state index in [-0.39, 0.29) is 17.3 Å². The Hall–Kier alpha value is -0.830. The van der Waals surface area contributed by atoms with Crippen molar-refractivity contribution in [2.24, 2.45) is 0 Å². The van der Waals surface area contributed by atoms with Crippen molar-refractivity contribution in [2.75, 3.05) is 26.2 Å². The Labute approximate surface area is 121 Å². The van der Waals surface area contributed by atoms with E-state index in [1.54, 1.807) is 0 Å². The summed E-state index contributed by atoms with van der Waals surface area (Å²) in [5, 5.41) is 3.01. The van der Waals surface area contributed by atoms with Gasteiger partial charge in [0.1, 0.15) is 0 Å². The fraction of sp³-hybridized carbons (Fsp3) is 0.455. The van der Waals surface area contributed by atoms with E-state index in [0.717, 1.165) is 24.3 Å². The van der Waals surface area contributed by atoms with Gasteiger partial charge in [0, 0.05) is 26.2 Å². The minimum Gasteiger partial charge on any atom is -0.314 e. The van der Waals surface area contributed by atoms with Crippen LogP contribution in [0, 0.1) is 0 Å². The van der Waals surface area contributed by atoms with Crippen LogP contribution in [-0.4, -0.2) is 38.9 Å². The highest BCUT2D eigenvalue weighted by molar-refractivity contribution is 7.89. The van der Waals surface area contributed by atoms with E-state index in [4.69, 9.17) is 0 Å². The van der Waals surface area contributed by atoms with Gasteiger partial charge in [0.05, 0.1) is 10.5 Å².